The Morgan fingerprint density at radius 3 is 2.59 bits per heavy atom. The van der Waals surface area contributed by atoms with E-state index in [2.05, 4.69) is 27.9 Å². The number of hydrogen-bond acceptors (Lipinski definition) is 4. The highest BCUT2D eigenvalue weighted by Crippen LogP contribution is 2.16. The SMILES string of the molecule is O=C(COC(=O)Cn1ccccc1=O)Nc1ccccc1I. The summed E-state index contributed by atoms with van der Waals surface area (Å²) in [6.45, 7) is -0.624. The Kier molecular flexibility index (Phi) is 5.70. The van der Waals surface area contributed by atoms with Crippen molar-refractivity contribution >= 4 is 40.2 Å². The molecule has 2 rings (SSSR count). The van der Waals surface area contributed by atoms with Crippen LogP contribution in [0.4, 0.5) is 5.69 Å². The molecule has 1 amide bonds. The molecule has 0 aliphatic rings. The first-order valence-electron chi connectivity index (χ1n) is 6.42. The van der Waals surface area contributed by atoms with Gasteiger partial charge in [-0.2, -0.15) is 0 Å². The van der Waals surface area contributed by atoms with Crippen molar-refractivity contribution in [3.05, 3.63) is 62.6 Å². The predicted molar refractivity (Wildman–Crippen MR) is 89.4 cm³/mol. The van der Waals surface area contributed by atoms with Crippen molar-refractivity contribution < 1.29 is 14.3 Å². The molecule has 0 unspecified atom stereocenters. The van der Waals surface area contributed by atoms with Gasteiger partial charge < -0.3 is 14.6 Å². The second-order valence-electron chi connectivity index (χ2n) is 4.36. The van der Waals surface area contributed by atoms with Crippen molar-refractivity contribution in [3.63, 3.8) is 0 Å². The van der Waals surface area contributed by atoms with Crippen LogP contribution >= 0.6 is 22.6 Å². The molecule has 1 N–H and O–H groups in total. The molecule has 0 spiro atoms. The van der Waals surface area contributed by atoms with Crippen LogP contribution in [0, 0.1) is 3.57 Å². The average Bonchev–Trinajstić information content (AvgIpc) is 2.50. The van der Waals surface area contributed by atoms with Crippen molar-refractivity contribution in [1.29, 1.82) is 0 Å². The molecule has 6 nitrogen and oxygen atoms in total. The number of halogens is 1. The molecule has 1 heterocycles. The fraction of sp³-hybridized carbons (Fsp3) is 0.133. The highest BCUT2D eigenvalue weighted by atomic mass is 127. The van der Waals surface area contributed by atoms with Gasteiger partial charge in [0.1, 0.15) is 6.54 Å². The lowest BCUT2D eigenvalue weighted by Crippen LogP contribution is -2.27. The molecule has 0 radical (unpaired) electrons. The highest BCUT2D eigenvalue weighted by Gasteiger charge is 2.10. The van der Waals surface area contributed by atoms with Gasteiger partial charge in [-0.3, -0.25) is 14.4 Å². The number of amides is 1. The zero-order valence-electron chi connectivity index (χ0n) is 11.5. The number of hydrogen-bond donors (Lipinski definition) is 1. The van der Waals surface area contributed by atoms with Crippen LogP contribution in [0.1, 0.15) is 0 Å². The van der Waals surface area contributed by atoms with E-state index in [1.165, 1.54) is 16.8 Å². The van der Waals surface area contributed by atoms with Gasteiger partial charge in [0.2, 0.25) is 0 Å². The maximum atomic E-state index is 11.7. The second kappa shape index (κ2) is 7.74. The van der Waals surface area contributed by atoms with E-state index in [1.54, 1.807) is 24.3 Å². The van der Waals surface area contributed by atoms with E-state index in [0.717, 1.165) is 3.57 Å². The predicted octanol–water partition coefficient (Wildman–Crippen LogP) is 1.63. The molecule has 7 heteroatoms. The minimum Gasteiger partial charge on any atom is -0.454 e. The van der Waals surface area contributed by atoms with Gasteiger partial charge in [0.05, 0.1) is 5.69 Å². The Balaban J connectivity index is 1.84. The zero-order valence-corrected chi connectivity index (χ0v) is 13.6. The molecule has 0 atom stereocenters. The molecule has 0 aliphatic heterocycles. The van der Waals surface area contributed by atoms with Crippen LogP contribution in [-0.4, -0.2) is 23.1 Å². The Morgan fingerprint density at radius 2 is 1.86 bits per heavy atom. The number of nitrogens with one attached hydrogen (secondary N) is 1. The number of anilines is 1. The van der Waals surface area contributed by atoms with E-state index >= 15 is 0 Å². The zero-order chi connectivity index (χ0) is 15.9. The number of benzene rings is 1. The molecule has 1 aromatic carbocycles. The van der Waals surface area contributed by atoms with Crippen LogP contribution in [0.2, 0.25) is 0 Å². The monoisotopic (exact) mass is 412 g/mol. The van der Waals surface area contributed by atoms with Crippen LogP contribution < -0.4 is 10.9 Å². The van der Waals surface area contributed by atoms with Crippen molar-refractivity contribution in [2.45, 2.75) is 6.54 Å². The lowest BCUT2D eigenvalue weighted by molar-refractivity contribution is -0.147. The Hall–Kier alpha value is -2.16. The molecular formula is C15H13IN2O4. The maximum absolute atomic E-state index is 11.7. The molecule has 1 aromatic heterocycles. The topological polar surface area (TPSA) is 77.4 Å². The number of carbonyl (C=O) groups excluding carboxylic acids is 2. The quantitative estimate of drug-likeness (QED) is 0.599. The van der Waals surface area contributed by atoms with Crippen molar-refractivity contribution in [2.75, 3.05) is 11.9 Å². The van der Waals surface area contributed by atoms with Crippen LogP contribution in [0.25, 0.3) is 0 Å². The van der Waals surface area contributed by atoms with Crippen LogP contribution in [0.3, 0.4) is 0 Å². The Bertz CT molecular complexity index is 742. The normalized spacial score (nSPS) is 10.0. The third-order valence-electron chi connectivity index (χ3n) is 2.71. The molecule has 114 valence electrons. The average molecular weight is 412 g/mol. The first-order chi connectivity index (χ1) is 10.6. The van der Waals surface area contributed by atoms with Gasteiger partial charge >= 0.3 is 5.97 Å². The van der Waals surface area contributed by atoms with Crippen LogP contribution in [-0.2, 0) is 20.9 Å². The van der Waals surface area contributed by atoms with Gasteiger partial charge in [0.25, 0.3) is 11.5 Å². The summed E-state index contributed by atoms with van der Waals surface area (Å²) in [7, 11) is 0. The number of esters is 1. The fourth-order valence-electron chi connectivity index (χ4n) is 1.67. The summed E-state index contributed by atoms with van der Waals surface area (Å²) < 4.78 is 6.96. The minimum absolute atomic E-state index is 0.226. The number of ether oxygens (including phenoxy) is 1. The largest absolute Gasteiger partial charge is 0.454 e. The lowest BCUT2D eigenvalue weighted by atomic mass is 10.3. The molecule has 22 heavy (non-hydrogen) atoms. The summed E-state index contributed by atoms with van der Waals surface area (Å²) in [6, 6.07) is 11.8. The summed E-state index contributed by atoms with van der Waals surface area (Å²) >= 11 is 2.09. The summed E-state index contributed by atoms with van der Waals surface area (Å²) in [6.07, 6.45) is 1.48. The van der Waals surface area contributed by atoms with Gasteiger partial charge in [-0.05, 0) is 40.8 Å². The fourth-order valence-corrected chi connectivity index (χ4v) is 2.19. The van der Waals surface area contributed by atoms with E-state index in [0.29, 0.717) is 5.69 Å². The Morgan fingerprint density at radius 1 is 1.14 bits per heavy atom. The van der Waals surface area contributed by atoms with E-state index < -0.39 is 18.5 Å². The first kappa shape index (κ1) is 16.2. The molecule has 0 saturated heterocycles. The van der Waals surface area contributed by atoms with Crippen molar-refractivity contribution in [3.8, 4) is 0 Å². The van der Waals surface area contributed by atoms with Crippen molar-refractivity contribution in [2.24, 2.45) is 0 Å². The summed E-state index contributed by atoms with van der Waals surface area (Å²) in [5.41, 5.74) is 0.353. The number of aromatic nitrogens is 1. The summed E-state index contributed by atoms with van der Waals surface area (Å²) in [5.74, 6) is -1.08. The van der Waals surface area contributed by atoms with E-state index in [9.17, 15) is 14.4 Å². The molecule has 0 fully saturated rings. The van der Waals surface area contributed by atoms with Gasteiger partial charge in [0.15, 0.2) is 6.61 Å². The molecule has 0 bridgehead atoms. The molecular weight excluding hydrogens is 399 g/mol. The third-order valence-corrected chi connectivity index (χ3v) is 3.65. The summed E-state index contributed by atoms with van der Waals surface area (Å²) in [5, 5.41) is 2.65. The number of rotatable bonds is 5. The van der Waals surface area contributed by atoms with E-state index in [1.807, 2.05) is 12.1 Å². The van der Waals surface area contributed by atoms with E-state index in [-0.39, 0.29) is 12.1 Å². The van der Waals surface area contributed by atoms with E-state index in [4.69, 9.17) is 4.74 Å². The molecule has 0 saturated carbocycles. The molecule has 0 aliphatic carbocycles. The summed E-state index contributed by atoms with van der Waals surface area (Å²) in [4.78, 5) is 34.8. The lowest BCUT2D eigenvalue weighted by Gasteiger charge is -2.08. The maximum Gasteiger partial charge on any atom is 0.326 e. The molecule has 2 aromatic rings. The number of pyridine rings is 1. The number of nitrogens with zero attached hydrogens (tertiary/aromatic N) is 1. The van der Waals surface area contributed by atoms with Crippen molar-refractivity contribution in [1.82, 2.24) is 4.57 Å². The Labute approximate surface area is 140 Å². The van der Waals surface area contributed by atoms with Crippen LogP contribution in [0.5, 0.6) is 0 Å². The van der Waals surface area contributed by atoms with Gasteiger partial charge in [-0.15, -0.1) is 0 Å². The van der Waals surface area contributed by atoms with Gasteiger partial charge in [0, 0.05) is 15.8 Å². The van der Waals surface area contributed by atoms with Gasteiger partial charge in [-0.25, -0.2) is 0 Å². The highest BCUT2D eigenvalue weighted by molar-refractivity contribution is 14.1. The number of para-hydroxylation sites is 1. The van der Waals surface area contributed by atoms with Crippen LogP contribution in [0.15, 0.2) is 53.5 Å². The smallest absolute Gasteiger partial charge is 0.326 e. The first-order valence-corrected chi connectivity index (χ1v) is 7.49. The third kappa shape index (κ3) is 4.69. The number of carbonyl (C=O) groups is 2. The van der Waals surface area contributed by atoms with Gasteiger partial charge in [-0.1, -0.05) is 18.2 Å². The standard InChI is InChI=1S/C15H13IN2O4/c16-11-5-1-2-6-12(11)17-13(19)10-22-15(21)9-18-8-4-3-7-14(18)20/h1-8H,9-10H2,(H,17,19). The minimum atomic E-state index is -0.647. The second-order valence-corrected chi connectivity index (χ2v) is 5.52.